The summed E-state index contributed by atoms with van der Waals surface area (Å²) in [7, 11) is 2.14. The maximum atomic E-state index is 10.8. The molecule has 0 radical (unpaired) electrons. The first-order valence-electron chi connectivity index (χ1n) is 7.70. The second-order valence-electron chi connectivity index (χ2n) is 5.81. The lowest BCUT2D eigenvalue weighted by atomic mass is 9.87. The summed E-state index contributed by atoms with van der Waals surface area (Å²) in [6.45, 7) is 4.79. The van der Waals surface area contributed by atoms with Crippen molar-refractivity contribution in [2.45, 2.75) is 56.2 Å². The van der Waals surface area contributed by atoms with E-state index in [2.05, 4.69) is 28.8 Å². The first-order chi connectivity index (χ1) is 9.67. The van der Waals surface area contributed by atoms with Gasteiger partial charge in [-0.1, -0.05) is 26.2 Å². The van der Waals surface area contributed by atoms with Crippen LogP contribution < -0.4 is 5.32 Å². The Bertz CT molecular complexity index is 273. The molecule has 2 N–H and O–H groups in total. The summed E-state index contributed by atoms with van der Waals surface area (Å²) in [5, 5.41) is 12.1. The number of nitrogens with one attached hydrogen (secondary N) is 1. The average molecular weight is 303 g/mol. The lowest BCUT2D eigenvalue weighted by Gasteiger charge is -2.39. The molecule has 0 spiro atoms. The molecule has 1 aliphatic carbocycles. The average Bonchev–Trinajstić information content (AvgIpc) is 2.44. The molecule has 1 saturated carbocycles. The molecule has 5 nitrogen and oxygen atoms in total. The standard InChI is InChI=1S/C14H29N3O2S/c1-3-13(11-15-9-10-18)17(2)12-14(20-16-19)7-5-4-6-8-14/h13,15,18H,3-12H2,1-2H3. The highest BCUT2D eigenvalue weighted by atomic mass is 32.2. The number of nitrogens with zero attached hydrogens (tertiary/aromatic N) is 2. The second kappa shape index (κ2) is 9.71. The summed E-state index contributed by atoms with van der Waals surface area (Å²) in [5.74, 6) is 0. The maximum Gasteiger partial charge on any atom is 0.0555 e. The van der Waals surface area contributed by atoms with Gasteiger partial charge < -0.3 is 15.3 Å². The van der Waals surface area contributed by atoms with Crippen molar-refractivity contribution < 1.29 is 5.11 Å². The minimum atomic E-state index is 0.0130. The third kappa shape index (κ3) is 5.68. The van der Waals surface area contributed by atoms with Crippen molar-refractivity contribution in [1.29, 1.82) is 0 Å². The Morgan fingerprint density at radius 2 is 2.10 bits per heavy atom. The van der Waals surface area contributed by atoms with Crippen LogP contribution in [0.2, 0.25) is 0 Å². The molecule has 0 heterocycles. The van der Waals surface area contributed by atoms with E-state index in [9.17, 15) is 4.91 Å². The third-order valence-electron chi connectivity index (χ3n) is 4.30. The van der Waals surface area contributed by atoms with Crippen LogP contribution in [-0.4, -0.2) is 54.1 Å². The van der Waals surface area contributed by atoms with E-state index >= 15 is 0 Å². The van der Waals surface area contributed by atoms with Crippen LogP contribution in [0.5, 0.6) is 0 Å². The van der Waals surface area contributed by atoms with E-state index < -0.39 is 0 Å². The molecule has 118 valence electrons. The Hall–Kier alpha value is -0.170. The number of aliphatic hydroxyl groups is 1. The fourth-order valence-corrected chi connectivity index (χ4v) is 3.99. The van der Waals surface area contributed by atoms with Gasteiger partial charge in [0, 0.05) is 42.2 Å². The Morgan fingerprint density at radius 3 is 2.65 bits per heavy atom. The normalized spacial score (nSPS) is 20.0. The van der Waals surface area contributed by atoms with Crippen LogP contribution in [0.3, 0.4) is 0 Å². The van der Waals surface area contributed by atoms with Crippen molar-refractivity contribution in [3.8, 4) is 0 Å². The second-order valence-corrected chi connectivity index (χ2v) is 7.01. The first kappa shape index (κ1) is 17.9. The molecule has 0 amide bonds. The fourth-order valence-electron chi connectivity index (χ4n) is 3.10. The molecule has 1 aliphatic rings. The molecule has 1 unspecified atom stereocenters. The van der Waals surface area contributed by atoms with E-state index in [1.807, 2.05) is 0 Å². The molecule has 0 aliphatic heterocycles. The van der Waals surface area contributed by atoms with Crippen LogP contribution in [0, 0.1) is 4.91 Å². The van der Waals surface area contributed by atoms with Gasteiger partial charge in [-0.15, -0.1) is 4.91 Å². The molecule has 20 heavy (non-hydrogen) atoms. The summed E-state index contributed by atoms with van der Waals surface area (Å²) in [5.41, 5.74) is 0. The van der Waals surface area contributed by atoms with Crippen molar-refractivity contribution in [3.05, 3.63) is 4.91 Å². The molecule has 0 aromatic carbocycles. The summed E-state index contributed by atoms with van der Waals surface area (Å²) in [6.07, 6.45) is 6.93. The molecular weight excluding hydrogens is 274 g/mol. The van der Waals surface area contributed by atoms with E-state index in [4.69, 9.17) is 5.11 Å². The highest BCUT2D eigenvalue weighted by Crippen LogP contribution is 2.41. The van der Waals surface area contributed by atoms with E-state index in [-0.39, 0.29) is 11.4 Å². The Labute approximate surface area is 127 Å². The van der Waals surface area contributed by atoms with Gasteiger partial charge in [0.15, 0.2) is 0 Å². The molecule has 0 aromatic heterocycles. The molecule has 1 rings (SSSR count). The van der Waals surface area contributed by atoms with Gasteiger partial charge in [-0.3, -0.25) is 0 Å². The van der Waals surface area contributed by atoms with Crippen LogP contribution in [0.1, 0.15) is 45.4 Å². The fraction of sp³-hybridized carbons (Fsp3) is 1.00. The topological polar surface area (TPSA) is 64.9 Å². The van der Waals surface area contributed by atoms with Gasteiger partial charge >= 0.3 is 0 Å². The van der Waals surface area contributed by atoms with Gasteiger partial charge in [-0.25, -0.2) is 0 Å². The molecule has 1 atom stereocenters. The maximum absolute atomic E-state index is 10.8. The van der Waals surface area contributed by atoms with E-state index in [0.717, 1.165) is 32.4 Å². The van der Waals surface area contributed by atoms with Crippen LogP contribution in [0.15, 0.2) is 4.58 Å². The molecule has 0 bridgehead atoms. The number of aliphatic hydroxyl groups excluding tert-OH is 1. The SMILES string of the molecule is CCC(CNCCO)N(C)CC1(SN=O)CCCCC1. The van der Waals surface area contributed by atoms with Crippen molar-refractivity contribution in [1.82, 2.24) is 10.2 Å². The lowest BCUT2D eigenvalue weighted by molar-refractivity contribution is 0.187. The van der Waals surface area contributed by atoms with Crippen LogP contribution in [0.25, 0.3) is 0 Å². The summed E-state index contributed by atoms with van der Waals surface area (Å²) >= 11 is 1.25. The predicted octanol–water partition coefficient (Wildman–Crippen LogP) is 2.40. The van der Waals surface area contributed by atoms with E-state index in [0.29, 0.717) is 12.6 Å². The smallest absolute Gasteiger partial charge is 0.0555 e. The van der Waals surface area contributed by atoms with E-state index in [1.165, 1.54) is 31.2 Å². The Balaban J connectivity index is 2.53. The third-order valence-corrected chi connectivity index (χ3v) is 5.30. The van der Waals surface area contributed by atoms with Crippen LogP contribution >= 0.6 is 11.9 Å². The molecule has 1 fully saturated rings. The monoisotopic (exact) mass is 303 g/mol. The molecule has 0 saturated heterocycles. The predicted molar refractivity (Wildman–Crippen MR) is 85.9 cm³/mol. The molecule has 6 heteroatoms. The summed E-state index contributed by atoms with van der Waals surface area (Å²) in [6, 6.07) is 0.438. The van der Waals surface area contributed by atoms with Crippen molar-refractivity contribution >= 4 is 11.9 Å². The zero-order chi connectivity index (χ0) is 14.8. The van der Waals surface area contributed by atoms with Gasteiger partial charge in [0.25, 0.3) is 0 Å². The summed E-state index contributed by atoms with van der Waals surface area (Å²) < 4.78 is 3.15. The van der Waals surface area contributed by atoms with Gasteiger partial charge in [0.2, 0.25) is 0 Å². The summed E-state index contributed by atoms with van der Waals surface area (Å²) in [4.78, 5) is 13.1. The lowest BCUT2D eigenvalue weighted by Crippen LogP contribution is -2.47. The van der Waals surface area contributed by atoms with Crippen LogP contribution in [0.4, 0.5) is 0 Å². The Kier molecular flexibility index (Phi) is 8.68. The number of nitroso groups, excluding NO2 is 1. The van der Waals surface area contributed by atoms with Gasteiger partial charge in [0.1, 0.15) is 0 Å². The number of likely N-dealkylation sites (N-methyl/N-ethyl adjacent to an activating group) is 1. The van der Waals surface area contributed by atoms with Gasteiger partial charge in [-0.05, 0) is 26.3 Å². The van der Waals surface area contributed by atoms with E-state index in [1.54, 1.807) is 0 Å². The number of hydrogen-bond donors (Lipinski definition) is 2. The Morgan fingerprint density at radius 1 is 1.40 bits per heavy atom. The largest absolute Gasteiger partial charge is 0.395 e. The quantitative estimate of drug-likeness (QED) is 0.368. The van der Waals surface area contributed by atoms with Crippen molar-refractivity contribution in [3.63, 3.8) is 0 Å². The minimum absolute atomic E-state index is 0.0130. The zero-order valence-electron chi connectivity index (χ0n) is 12.8. The molecule has 0 aromatic rings. The zero-order valence-corrected chi connectivity index (χ0v) is 13.6. The van der Waals surface area contributed by atoms with Crippen molar-refractivity contribution in [2.75, 3.05) is 33.3 Å². The number of rotatable bonds is 10. The van der Waals surface area contributed by atoms with Gasteiger partial charge in [-0.2, -0.15) is 0 Å². The van der Waals surface area contributed by atoms with Crippen LogP contribution in [-0.2, 0) is 0 Å². The first-order valence-corrected chi connectivity index (χ1v) is 8.47. The minimum Gasteiger partial charge on any atom is -0.395 e. The highest BCUT2D eigenvalue weighted by molar-refractivity contribution is 7.99. The molecular formula is C14H29N3O2S. The highest BCUT2D eigenvalue weighted by Gasteiger charge is 2.36. The number of hydrogen-bond acceptors (Lipinski definition) is 6. The van der Waals surface area contributed by atoms with Gasteiger partial charge in [0.05, 0.1) is 11.4 Å². The van der Waals surface area contributed by atoms with Crippen molar-refractivity contribution in [2.24, 2.45) is 4.58 Å².